The summed E-state index contributed by atoms with van der Waals surface area (Å²) in [7, 11) is 3.42. The molecule has 0 amide bonds. The first-order valence-corrected chi connectivity index (χ1v) is 8.53. The molecule has 0 spiro atoms. The highest BCUT2D eigenvalue weighted by Crippen LogP contribution is 2.17. The second kappa shape index (κ2) is 10.6. The topological polar surface area (TPSA) is 54.9 Å². The summed E-state index contributed by atoms with van der Waals surface area (Å²) in [6.45, 7) is 1.95. The van der Waals surface area contributed by atoms with Gasteiger partial charge in [0.25, 0.3) is 0 Å². The predicted molar refractivity (Wildman–Crippen MR) is 104 cm³/mol. The Morgan fingerprint density at radius 3 is 2.72 bits per heavy atom. The quantitative estimate of drug-likeness (QED) is 0.425. The van der Waals surface area contributed by atoms with E-state index in [1.165, 1.54) is 0 Å². The van der Waals surface area contributed by atoms with Gasteiger partial charge in [0.05, 0.1) is 6.61 Å². The Bertz CT molecular complexity index is 692. The van der Waals surface area contributed by atoms with Gasteiger partial charge in [-0.05, 0) is 29.8 Å². The molecule has 0 aliphatic rings. The van der Waals surface area contributed by atoms with Gasteiger partial charge in [-0.1, -0.05) is 29.8 Å². The Balaban J connectivity index is 1.88. The Morgan fingerprint density at radius 1 is 1.12 bits per heavy atom. The minimum atomic E-state index is 0.624. The fraction of sp³-hybridized carbons (Fsp3) is 0.316. The van der Waals surface area contributed by atoms with E-state index in [1.807, 2.05) is 48.5 Å². The number of rotatable bonds is 8. The van der Waals surface area contributed by atoms with E-state index in [-0.39, 0.29) is 0 Å². The lowest BCUT2D eigenvalue weighted by Crippen LogP contribution is -2.30. The van der Waals surface area contributed by atoms with Gasteiger partial charge >= 0.3 is 0 Å². The molecule has 2 aromatic rings. The maximum absolute atomic E-state index is 6.01. The molecule has 0 aromatic heterocycles. The molecule has 0 aliphatic carbocycles. The first kappa shape index (κ1) is 19.1. The highest BCUT2D eigenvalue weighted by atomic mass is 35.5. The van der Waals surface area contributed by atoms with Gasteiger partial charge < -0.3 is 20.1 Å². The van der Waals surface area contributed by atoms with E-state index in [0.29, 0.717) is 25.7 Å². The van der Waals surface area contributed by atoms with E-state index in [1.54, 1.807) is 14.2 Å². The Morgan fingerprint density at radius 2 is 1.96 bits per heavy atom. The van der Waals surface area contributed by atoms with Gasteiger partial charge in [0.1, 0.15) is 5.75 Å². The SMILES string of the molecule is CN=C(NCc1cccc(Cl)c1)Nc1cccc(OCCCOC)c1. The largest absolute Gasteiger partial charge is 0.493 e. The van der Waals surface area contributed by atoms with Crippen LogP contribution in [0.15, 0.2) is 53.5 Å². The summed E-state index contributed by atoms with van der Waals surface area (Å²) in [6.07, 6.45) is 0.858. The number of hydrogen-bond acceptors (Lipinski definition) is 3. The van der Waals surface area contributed by atoms with Crippen LogP contribution in [0, 0.1) is 0 Å². The molecule has 0 atom stereocenters. The number of halogens is 1. The molecule has 5 nitrogen and oxygen atoms in total. The summed E-state index contributed by atoms with van der Waals surface area (Å²) < 4.78 is 10.7. The Labute approximate surface area is 154 Å². The molecule has 0 fully saturated rings. The monoisotopic (exact) mass is 361 g/mol. The summed E-state index contributed by atoms with van der Waals surface area (Å²) in [5.74, 6) is 1.49. The molecule has 0 heterocycles. The minimum Gasteiger partial charge on any atom is -0.493 e. The second-order valence-corrected chi connectivity index (χ2v) is 5.84. The van der Waals surface area contributed by atoms with Crippen LogP contribution in [0.4, 0.5) is 5.69 Å². The number of aliphatic imine (C=N–C) groups is 1. The third-order valence-electron chi connectivity index (χ3n) is 3.43. The number of methoxy groups -OCH3 is 1. The summed E-state index contributed by atoms with van der Waals surface area (Å²) in [5, 5.41) is 7.24. The van der Waals surface area contributed by atoms with Crippen LogP contribution in [0.1, 0.15) is 12.0 Å². The minimum absolute atomic E-state index is 0.624. The molecule has 0 aliphatic heterocycles. The van der Waals surface area contributed by atoms with Crippen LogP contribution in [-0.2, 0) is 11.3 Å². The zero-order valence-corrected chi connectivity index (χ0v) is 15.3. The van der Waals surface area contributed by atoms with Crippen LogP contribution < -0.4 is 15.4 Å². The van der Waals surface area contributed by atoms with Crippen molar-refractivity contribution in [1.29, 1.82) is 0 Å². The fourth-order valence-electron chi connectivity index (χ4n) is 2.21. The number of nitrogens with one attached hydrogen (secondary N) is 2. The first-order chi connectivity index (χ1) is 12.2. The molecule has 6 heteroatoms. The highest BCUT2D eigenvalue weighted by Gasteiger charge is 2.02. The highest BCUT2D eigenvalue weighted by molar-refractivity contribution is 6.30. The van der Waals surface area contributed by atoms with Crippen molar-refractivity contribution in [2.75, 3.05) is 32.7 Å². The van der Waals surface area contributed by atoms with Crippen LogP contribution in [0.3, 0.4) is 0 Å². The van der Waals surface area contributed by atoms with Crippen molar-refractivity contribution in [2.24, 2.45) is 4.99 Å². The van der Waals surface area contributed by atoms with Crippen LogP contribution >= 0.6 is 11.6 Å². The van der Waals surface area contributed by atoms with Gasteiger partial charge in [-0.25, -0.2) is 0 Å². The Kier molecular flexibility index (Phi) is 8.09. The van der Waals surface area contributed by atoms with Crippen LogP contribution in [0.5, 0.6) is 5.75 Å². The summed E-state index contributed by atoms with van der Waals surface area (Å²) >= 11 is 6.01. The zero-order chi connectivity index (χ0) is 17.9. The molecule has 0 bridgehead atoms. The van der Waals surface area contributed by atoms with Crippen molar-refractivity contribution in [3.63, 3.8) is 0 Å². The second-order valence-electron chi connectivity index (χ2n) is 5.40. The standard InChI is InChI=1S/C19H24ClN3O2/c1-21-19(22-14-15-6-3-7-16(20)12-15)23-17-8-4-9-18(13-17)25-11-5-10-24-2/h3-4,6-9,12-13H,5,10-11,14H2,1-2H3,(H2,21,22,23). The van der Waals surface area contributed by atoms with Crippen LogP contribution in [-0.4, -0.2) is 33.3 Å². The maximum atomic E-state index is 6.01. The number of hydrogen-bond donors (Lipinski definition) is 2. The number of ether oxygens (including phenoxy) is 2. The van der Waals surface area contributed by atoms with E-state index in [4.69, 9.17) is 21.1 Å². The van der Waals surface area contributed by atoms with Gasteiger partial charge in [-0.2, -0.15) is 0 Å². The van der Waals surface area contributed by atoms with Crippen LogP contribution in [0.25, 0.3) is 0 Å². The fourth-order valence-corrected chi connectivity index (χ4v) is 2.42. The molecule has 2 aromatic carbocycles. The van der Waals surface area contributed by atoms with E-state index in [9.17, 15) is 0 Å². The molecule has 134 valence electrons. The summed E-state index contributed by atoms with van der Waals surface area (Å²) in [5.41, 5.74) is 1.99. The normalized spacial score (nSPS) is 11.2. The van der Waals surface area contributed by atoms with Crippen molar-refractivity contribution < 1.29 is 9.47 Å². The molecule has 25 heavy (non-hydrogen) atoms. The van der Waals surface area contributed by atoms with Crippen molar-refractivity contribution >= 4 is 23.2 Å². The van der Waals surface area contributed by atoms with Gasteiger partial charge in [0.2, 0.25) is 0 Å². The van der Waals surface area contributed by atoms with Crippen molar-refractivity contribution in [2.45, 2.75) is 13.0 Å². The molecular weight excluding hydrogens is 338 g/mol. The average Bonchev–Trinajstić information content (AvgIpc) is 2.63. The predicted octanol–water partition coefficient (Wildman–Crippen LogP) is 3.94. The third kappa shape index (κ3) is 7.03. The number of benzene rings is 2. The molecule has 0 saturated carbocycles. The van der Waals surface area contributed by atoms with Gasteiger partial charge in [0, 0.05) is 50.5 Å². The van der Waals surface area contributed by atoms with Gasteiger partial charge in [-0.3, -0.25) is 4.99 Å². The van der Waals surface area contributed by atoms with E-state index >= 15 is 0 Å². The Hall–Kier alpha value is -2.24. The van der Waals surface area contributed by atoms with Crippen molar-refractivity contribution in [3.8, 4) is 5.75 Å². The molecule has 0 unspecified atom stereocenters. The molecular formula is C19H24ClN3O2. The number of anilines is 1. The lowest BCUT2D eigenvalue weighted by Gasteiger charge is -2.13. The van der Waals surface area contributed by atoms with E-state index in [0.717, 1.165) is 28.4 Å². The first-order valence-electron chi connectivity index (χ1n) is 8.15. The van der Waals surface area contributed by atoms with E-state index < -0.39 is 0 Å². The van der Waals surface area contributed by atoms with E-state index in [2.05, 4.69) is 15.6 Å². The smallest absolute Gasteiger partial charge is 0.195 e. The van der Waals surface area contributed by atoms with Gasteiger partial charge in [-0.15, -0.1) is 0 Å². The van der Waals surface area contributed by atoms with Crippen molar-refractivity contribution in [1.82, 2.24) is 5.32 Å². The maximum Gasteiger partial charge on any atom is 0.195 e. The molecule has 2 N–H and O–H groups in total. The third-order valence-corrected chi connectivity index (χ3v) is 3.67. The number of guanidine groups is 1. The average molecular weight is 362 g/mol. The summed E-state index contributed by atoms with van der Waals surface area (Å²) in [6, 6.07) is 15.5. The lowest BCUT2D eigenvalue weighted by atomic mass is 10.2. The molecule has 0 saturated heterocycles. The van der Waals surface area contributed by atoms with Gasteiger partial charge in [0.15, 0.2) is 5.96 Å². The zero-order valence-electron chi connectivity index (χ0n) is 14.6. The van der Waals surface area contributed by atoms with Crippen LogP contribution in [0.2, 0.25) is 5.02 Å². The molecule has 2 rings (SSSR count). The molecule has 0 radical (unpaired) electrons. The summed E-state index contributed by atoms with van der Waals surface area (Å²) in [4.78, 5) is 4.24. The van der Waals surface area contributed by atoms with Crippen molar-refractivity contribution in [3.05, 3.63) is 59.1 Å². The number of nitrogens with zero attached hydrogens (tertiary/aromatic N) is 1. The lowest BCUT2D eigenvalue weighted by molar-refractivity contribution is 0.172.